The Labute approximate surface area is 141 Å². The fourth-order valence-electron chi connectivity index (χ4n) is 3.07. The van der Waals surface area contributed by atoms with Gasteiger partial charge in [-0.3, -0.25) is 4.79 Å². The summed E-state index contributed by atoms with van der Waals surface area (Å²) in [6, 6.07) is 8.14. The highest BCUT2D eigenvalue weighted by Gasteiger charge is 2.41. The third kappa shape index (κ3) is 3.85. The van der Waals surface area contributed by atoms with E-state index in [0.29, 0.717) is 44.8 Å². The number of hydrogen-bond donors (Lipinski definition) is 2. The zero-order chi connectivity index (χ0) is 17.0. The lowest BCUT2D eigenvalue weighted by Crippen LogP contribution is -2.53. The smallest absolute Gasteiger partial charge is 0.319 e. The van der Waals surface area contributed by atoms with Crippen LogP contribution in [0.2, 0.25) is 0 Å². The van der Waals surface area contributed by atoms with Crippen molar-refractivity contribution in [2.24, 2.45) is 0 Å². The number of nitrogens with zero attached hydrogens (tertiary/aromatic N) is 1. The van der Waals surface area contributed by atoms with E-state index in [1.807, 2.05) is 18.2 Å². The van der Waals surface area contributed by atoms with Crippen molar-refractivity contribution in [1.82, 2.24) is 10.2 Å². The van der Waals surface area contributed by atoms with Crippen LogP contribution < -0.4 is 10.6 Å². The van der Waals surface area contributed by atoms with Crippen LogP contribution in [-0.4, -0.2) is 55.0 Å². The monoisotopic (exact) mass is 333 g/mol. The number of anilines is 1. The summed E-state index contributed by atoms with van der Waals surface area (Å²) in [5.74, 6) is -0.593. The molecule has 130 valence electrons. The van der Waals surface area contributed by atoms with E-state index < -0.39 is 17.9 Å². The van der Waals surface area contributed by atoms with Crippen LogP contribution in [0, 0.1) is 0 Å². The van der Waals surface area contributed by atoms with Crippen LogP contribution in [0.4, 0.5) is 10.5 Å². The Bertz CT molecular complexity index is 577. The van der Waals surface area contributed by atoms with Crippen molar-refractivity contribution in [2.45, 2.75) is 31.6 Å². The SMILES string of the molecule is C[C@H](NC(=O)Nc1ccccc1)C(=O)N1CCC2(CC1)OCCO2. The molecule has 0 unspecified atom stereocenters. The van der Waals surface area contributed by atoms with Crippen LogP contribution in [0.25, 0.3) is 0 Å². The summed E-state index contributed by atoms with van der Waals surface area (Å²) in [6.07, 6.45) is 1.34. The zero-order valence-electron chi connectivity index (χ0n) is 13.8. The first-order valence-corrected chi connectivity index (χ1v) is 8.27. The van der Waals surface area contributed by atoms with Crippen molar-refractivity contribution in [2.75, 3.05) is 31.6 Å². The summed E-state index contributed by atoms with van der Waals surface area (Å²) in [4.78, 5) is 26.2. The van der Waals surface area contributed by atoms with Crippen LogP contribution in [0.5, 0.6) is 0 Å². The second kappa shape index (κ2) is 7.19. The fourth-order valence-corrected chi connectivity index (χ4v) is 3.07. The van der Waals surface area contributed by atoms with Crippen LogP contribution >= 0.6 is 0 Å². The number of piperidine rings is 1. The molecule has 0 bridgehead atoms. The average molecular weight is 333 g/mol. The van der Waals surface area contributed by atoms with E-state index >= 15 is 0 Å². The molecule has 24 heavy (non-hydrogen) atoms. The molecular weight excluding hydrogens is 310 g/mol. The number of hydrogen-bond acceptors (Lipinski definition) is 4. The number of amides is 3. The molecule has 1 aromatic carbocycles. The maximum absolute atomic E-state index is 12.5. The van der Waals surface area contributed by atoms with Crippen molar-refractivity contribution >= 4 is 17.6 Å². The molecule has 1 aromatic rings. The van der Waals surface area contributed by atoms with Crippen molar-refractivity contribution in [3.63, 3.8) is 0 Å². The molecule has 0 radical (unpaired) electrons. The van der Waals surface area contributed by atoms with Gasteiger partial charge >= 0.3 is 6.03 Å². The van der Waals surface area contributed by atoms with Gasteiger partial charge in [-0.15, -0.1) is 0 Å². The molecule has 7 heteroatoms. The minimum atomic E-state index is -0.590. The Hall–Kier alpha value is -2.12. The number of urea groups is 1. The Morgan fingerprint density at radius 1 is 1.12 bits per heavy atom. The predicted octanol–water partition coefficient (Wildman–Crippen LogP) is 1.56. The minimum absolute atomic E-state index is 0.0916. The van der Waals surface area contributed by atoms with Gasteiger partial charge in [0.1, 0.15) is 6.04 Å². The Balaban J connectivity index is 1.47. The highest BCUT2D eigenvalue weighted by atomic mass is 16.7. The van der Waals surface area contributed by atoms with Gasteiger partial charge in [-0.05, 0) is 19.1 Å². The second-order valence-electron chi connectivity index (χ2n) is 6.12. The molecule has 2 saturated heterocycles. The molecule has 3 rings (SSSR count). The van der Waals surface area contributed by atoms with Gasteiger partial charge in [-0.25, -0.2) is 4.79 Å². The zero-order valence-corrected chi connectivity index (χ0v) is 13.8. The third-order valence-corrected chi connectivity index (χ3v) is 4.40. The second-order valence-corrected chi connectivity index (χ2v) is 6.12. The van der Waals surface area contributed by atoms with Gasteiger partial charge in [-0.1, -0.05) is 18.2 Å². The first-order valence-electron chi connectivity index (χ1n) is 8.27. The molecule has 0 aromatic heterocycles. The predicted molar refractivity (Wildman–Crippen MR) is 88.5 cm³/mol. The molecule has 3 amide bonds. The Kier molecular flexibility index (Phi) is 5.01. The van der Waals surface area contributed by atoms with Crippen molar-refractivity contribution in [3.8, 4) is 0 Å². The maximum Gasteiger partial charge on any atom is 0.319 e. The lowest BCUT2D eigenvalue weighted by Gasteiger charge is -2.38. The molecule has 7 nitrogen and oxygen atoms in total. The molecule has 0 aliphatic carbocycles. The van der Waals surface area contributed by atoms with E-state index in [2.05, 4.69) is 10.6 Å². The molecular formula is C17H23N3O4. The topological polar surface area (TPSA) is 79.9 Å². The van der Waals surface area contributed by atoms with Gasteiger partial charge in [0.2, 0.25) is 5.91 Å². The van der Waals surface area contributed by atoms with E-state index in [1.54, 1.807) is 24.0 Å². The number of carbonyl (C=O) groups excluding carboxylic acids is 2. The quantitative estimate of drug-likeness (QED) is 0.880. The number of likely N-dealkylation sites (tertiary alicyclic amines) is 1. The summed E-state index contributed by atoms with van der Waals surface area (Å²) in [5.41, 5.74) is 0.685. The molecule has 2 aliphatic rings. The molecule has 1 spiro atoms. The number of benzene rings is 1. The first-order chi connectivity index (χ1) is 11.6. The highest BCUT2D eigenvalue weighted by molar-refractivity contribution is 5.93. The molecule has 2 N–H and O–H groups in total. The van der Waals surface area contributed by atoms with Gasteiger partial charge in [0, 0.05) is 31.6 Å². The van der Waals surface area contributed by atoms with Crippen LogP contribution in [0.15, 0.2) is 30.3 Å². The molecule has 1 atom stereocenters. The van der Waals surface area contributed by atoms with Crippen molar-refractivity contribution in [1.29, 1.82) is 0 Å². The van der Waals surface area contributed by atoms with Crippen molar-refractivity contribution < 1.29 is 19.1 Å². The Morgan fingerprint density at radius 2 is 1.75 bits per heavy atom. The van der Waals surface area contributed by atoms with Gasteiger partial charge in [0.15, 0.2) is 5.79 Å². The van der Waals surface area contributed by atoms with Gasteiger partial charge in [0.25, 0.3) is 0 Å². The minimum Gasteiger partial charge on any atom is -0.347 e. The summed E-state index contributed by atoms with van der Waals surface area (Å²) in [5, 5.41) is 5.39. The summed E-state index contributed by atoms with van der Waals surface area (Å²) >= 11 is 0. The average Bonchev–Trinajstić information content (AvgIpc) is 3.04. The number of para-hydroxylation sites is 1. The highest BCUT2D eigenvalue weighted by Crippen LogP contribution is 2.31. The molecule has 2 aliphatic heterocycles. The first kappa shape index (κ1) is 16.7. The van der Waals surface area contributed by atoms with E-state index in [1.165, 1.54) is 0 Å². The molecule has 0 saturated carbocycles. The van der Waals surface area contributed by atoms with Crippen LogP contribution in [-0.2, 0) is 14.3 Å². The summed E-state index contributed by atoms with van der Waals surface area (Å²) in [7, 11) is 0. The normalized spacial score (nSPS) is 20.6. The number of nitrogens with one attached hydrogen (secondary N) is 2. The van der Waals surface area contributed by atoms with Crippen molar-refractivity contribution in [3.05, 3.63) is 30.3 Å². The summed E-state index contributed by atoms with van der Waals surface area (Å²) in [6.45, 7) is 4.08. The largest absolute Gasteiger partial charge is 0.347 e. The van der Waals surface area contributed by atoms with E-state index in [-0.39, 0.29) is 5.91 Å². The van der Waals surface area contributed by atoms with Gasteiger partial charge in [-0.2, -0.15) is 0 Å². The maximum atomic E-state index is 12.5. The molecule has 2 heterocycles. The third-order valence-electron chi connectivity index (χ3n) is 4.40. The van der Waals surface area contributed by atoms with Gasteiger partial charge < -0.3 is 25.0 Å². The lowest BCUT2D eigenvalue weighted by atomic mass is 10.0. The number of rotatable bonds is 3. The number of carbonyl (C=O) groups is 2. The van der Waals surface area contributed by atoms with E-state index in [0.717, 1.165) is 0 Å². The number of ether oxygens (including phenoxy) is 2. The fraction of sp³-hybridized carbons (Fsp3) is 0.529. The van der Waals surface area contributed by atoms with Crippen LogP contribution in [0.1, 0.15) is 19.8 Å². The summed E-state index contributed by atoms with van der Waals surface area (Å²) < 4.78 is 11.3. The lowest BCUT2D eigenvalue weighted by molar-refractivity contribution is -0.187. The van der Waals surface area contributed by atoms with Crippen LogP contribution in [0.3, 0.4) is 0 Å². The molecule has 2 fully saturated rings. The van der Waals surface area contributed by atoms with Gasteiger partial charge in [0.05, 0.1) is 13.2 Å². The standard InChI is InChI=1S/C17H23N3O4/c1-13(18-16(22)19-14-5-3-2-4-6-14)15(21)20-9-7-17(8-10-20)23-11-12-24-17/h2-6,13H,7-12H2,1H3,(H2,18,19,22)/t13-/m0/s1. The Morgan fingerprint density at radius 3 is 2.38 bits per heavy atom. The van der Waals surface area contributed by atoms with E-state index in [9.17, 15) is 9.59 Å². The van der Waals surface area contributed by atoms with E-state index in [4.69, 9.17) is 9.47 Å².